The van der Waals surface area contributed by atoms with Gasteiger partial charge in [-0.25, -0.2) is 0 Å². The van der Waals surface area contributed by atoms with Crippen molar-refractivity contribution in [2.24, 2.45) is 17.8 Å². The van der Waals surface area contributed by atoms with Crippen molar-refractivity contribution in [2.45, 2.75) is 56.8 Å². The molecule has 0 unspecified atom stereocenters. The van der Waals surface area contributed by atoms with E-state index in [0.29, 0.717) is 18.7 Å². The summed E-state index contributed by atoms with van der Waals surface area (Å²) in [5.74, 6) is 3.14. The van der Waals surface area contributed by atoms with Crippen LogP contribution >= 0.6 is 0 Å². The number of aromatic hydroxyl groups is 2. The Morgan fingerprint density at radius 2 is 1.50 bits per heavy atom. The second kappa shape index (κ2) is 7.64. The number of carbonyl (C=O) groups excluding carboxylic acids is 1. The molecule has 4 aliphatic rings. The van der Waals surface area contributed by atoms with E-state index in [1.165, 1.54) is 38.5 Å². The number of benzene rings is 2. The molecule has 4 fully saturated rings. The number of nitrogens with one attached hydrogen (secondary N) is 1. The molecule has 4 aliphatic carbocycles. The molecule has 1 amide bonds. The minimum Gasteiger partial charge on any atom is -0.508 e. The Kier molecular flexibility index (Phi) is 4.96. The Bertz CT molecular complexity index is 899. The van der Waals surface area contributed by atoms with Crippen LogP contribution in [0.25, 0.3) is 0 Å². The minimum absolute atomic E-state index is 0.0101. The fourth-order valence-electron chi connectivity index (χ4n) is 6.82. The molecule has 158 valence electrons. The second-order valence-corrected chi connectivity index (χ2v) is 9.99. The lowest BCUT2D eigenvalue weighted by Crippen LogP contribution is -2.48. The molecular formula is C26H31NO3. The first-order chi connectivity index (χ1) is 14.5. The van der Waals surface area contributed by atoms with Gasteiger partial charge in [-0.2, -0.15) is 0 Å². The summed E-state index contributed by atoms with van der Waals surface area (Å²) in [6.45, 7) is 0.573. The van der Waals surface area contributed by atoms with Crippen molar-refractivity contribution in [1.82, 2.24) is 5.32 Å². The molecule has 2 aromatic carbocycles. The first-order valence-electron chi connectivity index (χ1n) is 11.4. The highest BCUT2D eigenvalue weighted by Crippen LogP contribution is 2.61. The van der Waals surface area contributed by atoms with Crippen molar-refractivity contribution in [2.75, 3.05) is 6.54 Å². The van der Waals surface area contributed by atoms with Gasteiger partial charge in [-0.15, -0.1) is 0 Å². The van der Waals surface area contributed by atoms with Gasteiger partial charge in [0.2, 0.25) is 5.91 Å². The third-order valence-electron chi connectivity index (χ3n) is 7.71. The molecule has 0 spiro atoms. The Hall–Kier alpha value is -2.49. The lowest BCUT2D eigenvalue weighted by atomic mass is 9.48. The zero-order valence-electron chi connectivity index (χ0n) is 17.4. The van der Waals surface area contributed by atoms with Crippen molar-refractivity contribution in [3.8, 4) is 11.5 Å². The van der Waals surface area contributed by atoms with Gasteiger partial charge < -0.3 is 15.5 Å². The highest BCUT2D eigenvalue weighted by atomic mass is 16.3. The minimum atomic E-state index is 0.0101. The lowest BCUT2D eigenvalue weighted by Gasteiger charge is -2.57. The number of phenolic OH excluding ortho intramolecular Hbond substituents is 2. The first kappa shape index (κ1) is 19.5. The van der Waals surface area contributed by atoms with Crippen LogP contribution in [-0.2, 0) is 23.1 Å². The van der Waals surface area contributed by atoms with Crippen LogP contribution in [0.2, 0.25) is 0 Å². The summed E-state index contributed by atoms with van der Waals surface area (Å²) < 4.78 is 0. The van der Waals surface area contributed by atoms with E-state index >= 15 is 0 Å². The molecule has 0 aromatic heterocycles. The zero-order valence-corrected chi connectivity index (χ0v) is 17.4. The van der Waals surface area contributed by atoms with Crippen LogP contribution < -0.4 is 5.32 Å². The maximum absolute atomic E-state index is 12.5. The normalized spacial score (nSPS) is 29.1. The Morgan fingerprint density at radius 1 is 0.900 bits per heavy atom. The van der Waals surface area contributed by atoms with Gasteiger partial charge in [0.15, 0.2) is 0 Å². The molecule has 2 aromatic rings. The summed E-state index contributed by atoms with van der Waals surface area (Å²) in [6.07, 6.45) is 8.82. The van der Waals surface area contributed by atoms with E-state index in [-0.39, 0.29) is 17.1 Å². The van der Waals surface area contributed by atoms with Gasteiger partial charge in [-0.05, 0) is 97.4 Å². The van der Waals surface area contributed by atoms with Crippen LogP contribution in [0.4, 0.5) is 0 Å². The van der Waals surface area contributed by atoms with E-state index in [2.05, 4.69) is 11.4 Å². The molecule has 0 atom stereocenters. The van der Waals surface area contributed by atoms with Crippen LogP contribution in [0.5, 0.6) is 11.5 Å². The molecule has 30 heavy (non-hydrogen) atoms. The second-order valence-electron chi connectivity index (χ2n) is 9.99. The van der Waals surface area contributed by atoms with Crippen LogP contribution in [0.15, 0.2) is 42.5 Å². The number of carbonyl (C=O) groups is 1. The predicted molar refractivity (Wildman–Crippen MR) is 116 cm³/mol. The molecule has 3 N–H and O–H groups in total. The van der Waals surface area contributed by atoms with Gasteiger partial charge in [-0.3, -0.25) is 4.79 Å². The Balaban J connectivity index is 1.24. The average molecular weight is 406 g/mol. The van der Waals surface area contributed by atoms with Crippen molar-refractivity contribution < 1.29 is 15.0 Å². The predicted octanol–water partition coefficient (Wildman–Crippen LogP) is 4.47. The molecule has 0 heterocycles. The number of phenols is 2. The molecule has 4 bridgehead atoms. The van der Waals surface area contributed by atoms with Crippen molar-refractivity contribution in [3.63, 3.8) is 0 Å². The van der Waals surface area contributed by atoms with Crippen LogP contribution in [-0.4, -0.2) is 22.7 Å². The molecule has 0 saturated heterocycles. The van der Waals surface area contributed by atoms with Gasteiger partial charge >= 0.3 is 0 Å². The molecule has 4 nitrogen and oxygen atoms in total. The Labute approximate surface area is 178 Å². The number of hydrogen-bond donors (Lipinski definition) is 3. The third kappa shape index (κ3) is 3.80. The highest BCUT2D eigenvalue weighted by molar-refractivity contribution is 5.78. The van der Waals surface area contributed by atoms with E-state index in [0.717, 1.165) is 40.9 Å². The van der Waals surface area contributed by atoms with Crippen LogP contribution in [0.3, 0.4) is 0 Å². The summed E-state index contributed by atoms with van der Waals surface area (Å²) >= 11 is 0. The number of amides is 1. The van der Waals surface area contributed by atoms with Crippen molar-refractivity contribution >= 4 is 5.91 Å². The van der Waals surface area contributed by atoms with Crippen molar-refractivity contribution in [1.29, 1.82) is 0 Å². The monoisotopic (exact) mass is 405 g/mol. The van der Waals surface area contributed by atoms with Gasteiger partial charge in [0.25, 0.3) is 0 Å². The molecule has 4 heteroatoms. The Morgan fingerprint density at radius 3 is 2.13 bits per heavy atom. The fourth-order valence-corrected chi connectivity index (χ4v) is 6.82. The largest absolute Gasteiger partial charge is 0.508 e. The highest BCUT2D eigenvalue weighted by Gasteiger charge is 2.52. The standard InChI is InChI=1S/C26H31NO3/c28-22-4-1-17(2-5-22)7-8-27-25(30)13-18-3-6-24(29)23(12-18)26-14-19-9-20(15-26)11-21(10-19)16-26/h1-6,12,19-21,28-29H,7-11,13-16H2,(H,27,30). The van der Waals surface area contributed by atoms with E-state index in [4.69, 9.17) is 0 Å². The summed E-state index contributed by atoms with van der Waals surface area (Å²) in [5, 5.41) is 23.1. The average Bonchev–Trinajstić information content (AvgIpc) is 2.70. The topological polar surface area (TPSA) is 69.6 Å². The quantitative estimate of drug-likeness (QED) is 0.664. The molecule has 0 radical (unpaired) electrons. The van der Waals surface area contributed by atoms with Gasteiger partial charge in [-0.1, -0.05) is 24.3 Å². The fraction of sp³-hybridized carbons (Fsp3) is 0.500. The van der Waals surface area contributed by atoms with Crippen LogP contribution in [0, 0.1) is 17.8 Å². The molecular weight excluding hydrogens is 374 g/mol. The maximum Gasteiger partial charge on any atom is 0.224 e. The van der Waals surface area contributed by atoms with Crippen molar-refractivity contribution in [3.05, 3.63) is 59.2 Å². The molecule has 4 saturated carbocycles. The van der Waals surface area contributed by atoms with Gasteiger partial charge in [0.05, 0.1) is 6.42 Å². The van der Waals surface area contributed by atoms with E-state index in [9.17, 15) is 15.0 Å². The lowest BCUT2D eigenvalue weighted by molar-refractivity contribution is -0.120. The first-order valence-corrected chi connectivity index (χ1v) is 11.4. The summed E-state index contributed by atoms with van der Waals surface area (Å²) in [5.41, 5.74) is 3.29. The summed E-state index contributed by atoms with van der Waals surface area (Å²) in [4.78, 5) is 12.5. The van der Waals surface area contributed by atoms with E-state index < -0.39 is 0 Å². The molecule has 0 aliphatic heterocycles. The van der Waals surface area contributed by atoms with Gasteiger partial charge in [0.1, 0.15) is 11.5 Å². The smallest absolute Gasteiger partial charge is 0.224 e. The SMILES string of the molecule is O=C(Cc1ccc(O)c(C23CC4CC(CC(C4)C2)C3)c1)NCCc1ccc(O)cc1. The third-order valence-corrected chi connectivity index (χ3v) is 7.71. The van der Waals surface area contributed by atoms with Crippen LogP contribution in [0.1, 0.15) is 55.2 Å². The molecule has 6 rings (SSSR count). The van der Waals surface area contributed by atoms with E-state index in [1.54, 1.807) is 18.2 Å². The van der Waals surface area contributed by atoms with E-state index in [1.807, 2.05) is 18.2 Å². The zero-order chi connectivity index (χ0) is 20.7. The summed E-state index contributed by atoms with van der Waals surface area (Å²) in [6, 6.07) is 12.9. The van der Waals surface area contributed by atoms with Gasteiger partial charge in [0, 0.05) is 12.1 Å². The number of hydrogen-bond acceptors (Lipinski definition) is 3. The summed E-state index contributed by atoms with van der Waals surface area (Å²) in [7, 11) is 0. The number of rotatable bonds is 6. The maximum atomic E-state index is 12.5.